The van der Waals surface area contributed by atoms with Crippen molar-refractivity contribution in [1.82, 2.24) is 4.98 Å². The fraction of sp³-hybridized carbons (Fsp3) is 0.286. The van der Waals surface area contributed by atoms with E-state index in [0.717, 1.165) is 0 Å². The first kappa shape index (κ1) is 12.5. The van der Waals surface area contributed by atoms with Crippen LogP contribution in [0.4, 0.5) is 5.82 Å². The van der Waals surface area contributed by atoms with Crippen molar-refractivity contribution in [2.24, 2.45) is 0 Å². The topological polar surface area (TPSA) is 79.3 Å². The molecule has 1 aromatic heterocycles. The van der Waals surface area contributed by atoms with E-state index in [-0.39, 0.29) is 11.6 Å². The van der Waals surface area contributed by atoms with E-state index in [1.54, 1.807) is 0 Å². The normalized spacial score (nSPS) is 11.4. The van der Waals surface area contributed by atoms with Crippen molar-refractivity contribution in [3.8, 4) is 0 Å². The number of halogens is 2. The van der Waals surface area contributed by atoms with Crippen LogP contribution >= 0.6 is 23.2 Å². The Morgan fingerprint density at radius 3 is 2.67 bits per heavy atom. The molecule has 1 heterocycles. The van der Waals surface area contributed by atoms with Crippen LogP contribution in [-0.4, -0.2) is 30.3 Å². The Labute approximate surface area is 97.2 Å². The summed E-state index contributed by atoms with van der Waals surface area (Å²) < 4.78 is 29.3. The Morgan fingerprint density at radius 2 is 2.13 bits per heavy atom. The Morgan fingerprint density at radius 1 is 1.47 bits per heavy atom. The minimum Gasteiger partial charge on any atom is -0.368 e. The van der Waals surface area contributed by atoms with E-state index in [4.69, 9.17) is 27.8 Å². The van der Waals surface area contributed by atoms with E-state index < -0.39 is 15.9 Å². The lowest BCUT2D eigenvalue weighted by atomic mass is 10.4. The van der Waals surface area contributed by atoms with Crippen LogP contribution in [0.1, 0.15) is 0 Å². The van der Waals surface area contributed by atoms with Crippen molar-refractivity contribution >= 4 is 39.1 Å². The smallest absolute Gasteiger partial charge is 0.266 e. The molecule has 84 valence electrons. The minimum atomic E-state index is -3.97. The summed E-state index contributed by atoms with van der Waals surface area (Å²) in [5.74, 6) is -0.0853. The Balaban J connectivity index is 2.59. The molecule has 0 atom stereocenters. The van der Waals surface area contributed by atoms with Crippen molar-refractivity contribution < 1.29 is 13.0 Å². The van der Waals surface area contributed by atoms with Gasteiger partial charge < -0.3 is 5.32 Å². The highest BCUT2D eigenvalue weighted by molar-refractivity contribution is 7.85. The molecule has 15 heavy (non-hydrogen) atoms. The van der Waals surface area contributed by atoms with Crippen LogP contribution in [0, 0.1) is 0 Å². The molecule has 0 unspecified atom stereocenters. The summed E-state index contributed by atoms with van der Waals surface area (Å²) >= 11 is 11.4. The Hall–Kier alpha value is -0.560. The van der Waals surface area contributed by atoms with Crippen molar-refractivity contribution in [2.75, 3.05) is 17.6 Å². The maximum Gasteiger partial charge on any atom is 0.266 e. The first-order valence-electron chi connectivity index (χ1n) is 3.88. The fourth-order valence-corrected chi connectivity index (χ4v) is 1.65. The molecule has 0 saturated heterocycles. The number of hydrogen-bond acceptors (Lipinski definition) is 4. The van der Waals surface area contributed by atoms with Gasteiger partial charge in [0.2, 0.25) is 0 Å². The van der Waals surface area contributed by atoms with Gasteiger partial charge in [-0.2, -0.15) is 8.42 Å². The van der Waals surface area contributed by atoms with E-state index >= 15 is 0 Å². The molecule has 0 aliphatic carbocycles. The summed E-state index contributed by atoms with van der Waals surface area (Å²) in [4.78, 5) is 3.85. The number of pyridine rings is 1. The molecule has 0 aliphatic heterocycles. The van der Waals surface area contributed by atoms with Crippen LogP contribution in [0.15, 0.2) is 12.3 Å². The molecule has 0 aromatic carbocycles. The van der Waals surface area contributed by atoms with Gasteiger partial charge in [0.05, 0.1) is 15.8 Å². The highest BCUT2D eigenvalue weighted by Crippen LogP contribution is 2.22. The van der Waals surface area contributed by atoms with Gasteiger partial charge in [0.1, 0.15) is 5.82 Å². The molecule has 0 radical (unpaired) electrons. The zero-order chi connectivity index (χ0) is 11.5. The average molecular weight is 271 g/mol. The van der Waals surface area contributed by atoms with Gasteiger partial charge in [-0.05, 0) is 6.07 Å². The monoisotopic (exact) mass is 270 g/mol. The third-order valence-corrected chi connectivity index (χ3v) is 2.68. The largest absolute Gasteiger partial charge is 0.368 e. The number of hydrogen-bond donors (Lipinski definition) is 2. The summed E-state index contributed by atoms with van der Waals surface area (Å²) in [6.45, 7) is 0.0210. The lowest BCUT2D eigenvalue weighted by Crippen LogP contribution is -2.15. The highest BCUT2D eigenvalue weighted by Gasteiger charge is 2.06. The minimum absolute atomic E-state index is 0.0210. The fourth-order valence-electron chi connectivity index (χ4n) is 0.843. The second kappa shape index (κ2) is 4.98. The first-order chi connectivity index (χ1) is 6.88. The predicted octanol–water partition coefficient (Wildman–Crippen LogP) is 1.69. The lowest BCUT2D eigenvalue weighted by molar-refractivity contribution is 0.484. The lowest BCUT2D eigenvalue weighted by Gasteiger charge is -2.05. The van der Waals surface area contributed by atoms with Crippen LogP contribution < -0.4 is 5.32 Å². The van der Waals surface area contributed by atoms with E-state index in [2.05, 4.69) is 10.3 Å². The summed E-state index contributed by atoms with van der Waals surface area (Å²) in [5.41, 5.74) is 0. The second-order valence-corrected chi connectivity index (χ2v) is 5.11. The molecule has 8 heteroatoms. The Kier molecular flexibility index (Phi) is 4.15. The number of anilines is 1. The number of aromatic nitrogens is 1. The van der Waals surface area contributed by atoms with E-state index in [9.17, 15) is 8.42 Å². The zero-order valence-electron chi connectivity index (χ0n) is 7.44. The summed E-state index contributed by atoms with van der Waals surface area (Å²) in [6.07, 6.45) is 1.38. The van der Waals surface area contributed by atoms with Crippen LogP contribution in [0.3, 0.4) is 0 Å². The van der Waals surface area contributed by atoms with E-state index in [1.807, 2.05) is 0 Å². The van der Waals surface area contributed by atoms with Gasteiger partial charge in [-0.3, -0.25) is 4.55 Å². The van der Waals surface area contributed by atoms with Crippen molar-refractivity contribution in [2.45, 2.75) is 0 Å². The maximum absolute atomic E-state index is 10.4. The van der Waals surface area contributed by atoms with Crippen LogP contribution in [0.5, 0.6) is 0 Å². The molecule has 0 saturated carbocycles. The molecule has 1 rings (SSSR count). The summed E-state index contributed by atoms with van der Waals surface area (Å²) in [5, 5.41) is 3.33. The highest BCUT2D eigenvalue weighted by atomic mass is 35.5. The zero-order valence-corrected chi connectivity index (χ0v) is 9.77. The molecule has 1 aromatic rings. The van der Waals surface area contributed by atoms with Gasteiger partial charge >= 0.3 is 0 Å². The van der Waals surface area contributed by atoms with Gasteiger partial charge in [-0.15, -0.1) is 0 Å². The van der Waals surface area contributed by atoms with Crippen LogP contribution in [0.2, 0.25) is 10.0 Å². The molecule has 5 nitrogen and oxygen atoms in total. The molecule has 2 N–H and O–H groups in total. The molecule has 0 aliphatic rings. The van der Waals surface area contributed by atoms with Gasteiger partial charge in [0, 0.05) is 12.7 Å². The Bertz CT molecular complexity index is 450. The standard InChI is InChI=1S/C7H8Cl2N2O3S/c8-5-3-6(9)7(11-4-5)10-1-2-15(12,13)14/h3-4H,1-2H2,(H,10,11)(H,12,13,14). The number of nitrogens with zero attached hydrogens (tertiary/aromatic N) is 1. The molecule has 0 bridgehead atoms. The summed E-state index contributed by atoms with van der Waals surface area (Å²) in [6, 6.07) is 1.48. The second-order valence-electron chi connectivity index (χ2n) is 2.70. The quantitative estimate of drug-likeness (QED) is 0.814. The number of rotatable bonds is 4. The molecular formula is C7H8Cl2N2O3S. The van der Waals surface area contributed by atoms with Gasteiger partial charge in [-0.25, -0.2) is 4.98 Å². The SMILES string of the molecule is O=S(=O)(O)CCNc1ncc(Cl)cc1Cl. The van der Waals surface area contributed by atoms with E-state index in [0.29, 0.717) is 10.8 Å². The molecule has 0 amide bonds. The molecular weight excluding hydrogens is 263 g/mol. The first-order valence-corrected chi connectivity index (χ1v) is 6.25. The number of nitrogens with one attached hydrogen (secondary N) is 1. The third-order valence-electron chi connectivity index (χ3n) is 1.46. The van der Waals surface area contributed by atoms with Gasteiger partial charge in [0.15, 0.2) is 0 Å². The van der Waals surface area contributed by atoms with Crippen LogP contribution in [-0.2, 0) is 10.1 Å². The van der Waals surface area contributed by atoms with Crippen molar-refractivity contribution in [3.05, 3.63) is 22.3 Å². The average Bonchev–Trinajstić information content (AvgIpc) is 2.07. The van der Waals surface area contributed by atoms with Crippen molar-refractivity contribution in [1.29, 1.82) is 0 Å². The maximum atomic E-state index is 10.4. The molecule has 0 fully saturated rings. The van der Waals surface area contributed by atoms with Gasteiger partial charge in [-0.1, -0.05) is 23.2 Å². The van der Waals surface area contributed by atoms with Crippen LogP contribution in [0.25, 0.3) is 0 Å². The third kappa shape index (κ3) is 4.65. The van der Waals surface area contributed by atoms with E-state index in [1.165, 1.54) is 12.3 Å². The van der Waals surface area contributed by atoms with Crippen molar-refractivity contribution in [3.63, 3.8) is 0 Å². The predicted molar refractivity (Wildman–Crippen MR) is 59.2 cm³/mol. The summed E-state index contributed by atoms with van der Waals surface area (Å²) in [7, 11) is -3.97. The van der Waals surface area contributed by atoms with Gasteiger partial charge in [0.25, 0.3) is 10.1 Å². The molecule has 0 spiro atoms.